The fraction of sp³-hybridized carbons (Fsp3) is 0.875. The Balaban J connectivity index is 4.36. The van der Waals surface area contributed by atoms with Gasteiger partial charge >= 0.3 is 17.9 Å². The van der Waals surface area contributed by atoms with E-state index in [1.807, 2.05) is 0 Å². The van der Waals surface area contributed by atoms with Crippen LogP contribution in [0.5, 0.6) is 0 Å². The normalized spacial score (nSPS) is 12.0. The summed E-state index contributed by atoms with van der Waals surface area (Å²) in [6.45, 7) is 6.51. The number of hydrogen-bond acceptors (Lipinski definition) is 6. The summed E-state index contributed by atoms with van der Waals surface area (Å²) in [5.74, 6) is -0.887. The second-order valence-corrected chi connectivity index (χ2v) is 13.2. The number of esters is 3. The minimum Gasteiger partial charge on any atom is -0.462 e. The smallest absolute Gasteiger partial charge is 0.306 e. The number of carbonyl (C=O) groups is 3. The molecular weight excluding hydrogens is 576 g/mol. The molecule has 0 heterocycles. The van der Waals surface area contributed by atoms with Crippen molar-refractivity contribution in [3.05, 3.63) is 12.2 Å². The van der Waals surface area contributed by atoms with Gasteiger partial charge in [0, 0.05) is 19.3 Å². The van der Waals surface area contributed by atoms with Crippen LogP contribution in [0.15, 0.2) is 12.2 Å². The van der Waals surface area contributed by atoms with Crippen molar-refractivity contribution in [2.24, 2.45) is 0 Å². The Morgan fingerprint density at radius 1 is 0.413 bits per heavy atom. The van der Waals surface area contributed by atoms with Gasteiger partial charge in [-0.3, -0.25) is 14.4 Å². The molecule has 6 heteroatoms. The van der Waals surface area contributed by atoms with Crippen LogP contribution in [-0.2, 0) is 28.6 Å². The molecule has 1 atom stereocenters. The molecule has 0 bridgehead atoms. The zero-order valence-electron chi connectivity index (χ0n) is 30.6. The molecule has 0 aliphatic heterocycles. The summed E-state index contributed by atoms with van der Waals surface area (Å²) in [6.07, 6.45) is 34.8. The molecule has 0 aromatic heterocycles. The summed E-state index contributed by atoms with van der Waals surface area (Å²) in [7, 11) is 0. The van der Waals surface area contributed by atoms with E-state index in [0.717, 1.165) is 70.6 Å². The molecule has 0 amide bonds. The molecule has 0 aromatic carbocycles. The number of rotatable bonds is 35. The maximum absolute atomic E-state index is 12.6. The molecule has 46 heavy (non-hydrogen) atoms. The van der Waals surface area contributed by atoms with Crippen LogP contribution >= 0.6 is 0 Å². The van der Waals surface area contributed by atoms with E-state index >= 15 is 0 Å². The van der Waals surface area contributed by atoms with Crippen LogP contribution in [0.2, 0.25) is 0 Å². The molecule has 0 aromatic rings. The van der Waals surface area contributed by atoms with Crippen molar-refractivity contribution in [2.75, 3.05) is 13.2 Å². The van der Waals surface area contributed by atoms with Gasteiger partial charge in [-0.25, -0.2) is 0 Å². The van der Waals surface area contributed by atoms with Gasteiger partial charge in [-0.1, -0.05) is 161 Å². The molecule has 0 aliphatic carbocycles. The molecule has 1 unspecified atom stereocenters. The lowest BCUT2D eigenvalue weighted by atomic mass is 10.1. The average Bonchev–Trinajstić information content (AvgIpc) is 3.05. The van der Waals surface area contributed by atoms with E-state index in [2.05, 4.69) is 32.9 Å². The van der Waals surface area contributed by atoms with Gasteiger partial charge in [0.15, 0.2) is 6.10 Å². The van der Waals surface area contributed by atoms with E-state index in [1.54, 1.807) is 0 Å². The topological polar surface area (TPSA) is 78.9 Å². The maximum atomic E-state index is 12.6. The Labute approximate surface area is 284 Å². The van der Waals surface area contributed by atoms with Gasteiger partial charge in [0.25, 0.3) is 0 Å². The second kappa shape index (κ2) is 36.0. The number of hydrogen-bond donors (Lipinski definition) is 0. The van der Waals surface area contributed by atoms with Crippen LogP contribution in [0.3, 0.4) is 0 Å². The Bertz CT molecular complexity index is 719. The summed E-state index contributed by atoms with van der Waals surface area (Å²) in [6, 6.07) is 0. The Hall–Kier alpha value is -1.85. The summed E-state index contributed by atoms with van der Waals surface area (Å²) in [5, 5.41) is 0. The van der Waals surface area contributed by atoms with Gasteiger partial charge in [-0.05, 0) is 38.5 Å². The largest absolute Gasteiger partial charge is 0.462 e. The van der Waals surface area contributed by atoms with Crippen LogP contribution in [-0.4, -0.2) is 37.2 Å². The number of allylic oxidation sites excluding steroid dienone is 2. The van der Waals surface area contributed by atoms with Crippen molar-refractivity contribution in [1.29, 1.82) is 0 Å². The Kier molecular flexibility index (Phi) is 34.5. The zero-order chi connectivity index (χ0) is 33.8. The van der Waals surface area contributed by atoms with Crippen molar-refractivity contribution in [3.8, 4) is 0 Å². The number of unbranched alkanes of at least 4 members (excludes halogenated alkanes) is 22. The molecule has 0 N–H and O–H groups in total. The first-order chi connectivity index (χ1) is 22.5. The molecule has 0 saturated heterocycles. The lowest BCUT2D eigenvalue weighted by Gasteiger charge is -2.18. The van der Waals surface area contributed by atoms with Crippen LogP contribution in [0.4, 0.5) is 0 Å². The standard InChI is InChI=1S/C40H74O6/c1-4-7-10-13-16-19-22-24-27-30-33-39(42)45-36-37(46-40(43)34-31-28-25-21-18-15-12-9-6-3)35-44-38(41)32-29-26-23-20-17-14-11-8-5-2/h10,13,37H,4-9,11-12,14-36H2,1-3H3/b13-10-. The van der Waals surface area contributed by atoms with Crippen molar-refractivity contribution in [3.63, 3.8) is 0 Å². The van der Waals surface area contributed by atoms with Crippen LogP contribution in [0, 0.1) is 0 Å². The van der Waals surface area contributed by atoms with Crippen molar-refractivity contribution < 1.29 is 28.6 Å². The molecule has 0 fully saturated rings. The highest BCUT2D eigenvalue weighted by molar-refractivity contribution is 5.71. The lowest BCUT2D eigenvalue weighted by Crippen LogP contribution is -2.30. The molecule has 270 valence electrons. The summed E-state index contributed by atoms with van der Waals surface area (Å²) >= 11 is 0. The highest BCUT2D eigenvalue weighted by atomic mass is 16.6. The minimum absolute atomic E-state index is 0.0697. The first kappa shape index (κ1) is 44.1. The Morgan fingerprint density at radius 2 is 0.761 bits per heavy atom. The van der Waals surface area contributed by atoms with Gasteiger partial charge in [-0.2, -0.15) is 0 Å². The van der Waals surface area contributed by atoms with Crippen LogP contribution in [0.1, 0.15) is 207 Å². The quantitative estimate of drug-likeness (QED) is 0.0294. The molecule has 0 spiro atoms. The fourth-order valence-electron chi connectivity index (χ4n) is 5.50. The van der Waals surface area contributed by atoms with E-state index in [0.29, 0.717) is 19.3 Å². The zero-order valence-corrected chi connectivity index (χ0v) is 30.6. The van der Waals surface area contributed by atoms with Crippen LogP contribution in [0.25, 0.3) is 0 Å². The molecule has 0 aliphatic rings. The summed E-state index contributed by atoms with van der Waals surface area (Å²) < 4.78 is 16.6. The van der Waals surface area contributed by atoms with Gasteiger partial charge < -0.3 is 14.2 Å². The van der Waals surface area contributed by atoms with Crippen molar-refractivity contribution in [2.45, 2.75) is 213 Å². The lowest BCUT2D eigenvalue weighted by molar-refractivity contribution is -0.167. The third kappa shape index (κ3) is 33.5. The van der Waals surface area contributed by atoms with E-state index < -0.39 is 6.10 Å². The highest BCUT2D eigenvalue weighted by Crippen LogP contribution is 2.14. The third-order valence-electron chi connectivity index (χ3n) is 8.50. The predicted molar refractivity (Wildman–Crippen MR) is 192 cm³/mol. The van der Waals surface area contributed by atoms with E-state index in [1.165, 1.54) is 96.3 Å². The second-order valence-electron chi connectivity index (χ2n) is 13.2. The molecule has 0 rings (SSSR count). The Morgan fingerprint density at radius 3 is 1.17 bits per heavy atom. The van der Waals surface area contributed by atoms with Crippen molar-refractivity contribution >= 4 is 17.9 Å². The average molecular weight is 651 g/mol. The van der Waals surface area contributed by atoms with E-state index in [4.69, 9.17) is 14.2 Å². The third-order valence-corrected chi connectivity index (χ3v) is 8.50. The van der Waals surface area contributed by atoms with Crippen molar-refractivity contribution in [1.82, 2.24) is 0 Å². The van der Waals surface area contributed by atoms with Gasteiger partial charge in [0.05, 0.1) is 0 Å². The first-order valence-corrected chi connectivity index (χ1v) is 19.7. The predicted octanol–water partition coefficient (Wildman–Crippen LogP) is 11.9. The fourth-order valence-corrected chi connectivity index (χ4v) is 5.50. The van der Waals surface area contributed by atoms with E-state index in [9.17, 15) is 14.4 Å². The van der Waals surface area contributed by atoms with Crippen LogP contribution < -0.4 is 0 Å². The SMILES string of the molecule is CCC/C=C\CCCCCCCC(=O)OCC(COC(=O)CCCCCCCCCCC)OC(=O)CCCCCCCCCCC. The number of ether oxygens (including phenoxy) is 3. The molecule has 0 radical (unpaired) electrons. The number of carbonyl (C=O) groups excluding carboxylic acids is 3. The highest BCUT2D eigenvalue weighted by Gasteiger charge is 2.19. The molecule has 0 saturated carbocycles. The monoisotopic (exact) mass is 651 g/mol. The maximum Gasteiger partial charge on any atom is 0.306 e. The van der Waals surface area contributed by atoms with Gasteiger partial charge in [-0.15, -0.1) is 0 Å². The van der Waals surface area contributed by atoms with E-state index in [-0.39, 0.29) is 31.1 Å². The van der Waals surface area contributed by atoms with Gasteiger partial charge in [0.1, 0.15) is 13.2 Å². The molecule has 6 nitrogen and oxygen atoms in total. The first-order valence-electron chi connectivity index (χ1n) is 19.7. The summed E-state index contributed by atoms with van der Waals surface area (Å²) in [5.41, 5.74) is 0. The van der Waals surface area contributed by atoms with Gasteiger partial charge in [0.2, 0.25) is 0 Å². The minimum atomic E-state index is -0.761. The molecular formula is C40H74O6. The summed E-state index contributed by atoms with van der Waals surface area (Å²) in [4.78, 5) is 37.3.